The lowest BCUT2D eigenvalue weighted by atomic mass is 9.92. The Labute approximate surface area is 139 Å². The van der Waals surface area contributed by atoms with Gasteiger partial charge < -0.3 is 19.8 Å². The summed E-state index contributed by atoms with van der Waals surface area (Å²) >= 11 is 0. The molecule has 2 aliphatic rings. The zero-order chi connectivity index (χ0) is 16.7. The van der Waals surface area contributed by atoms with Gasteiger partial charge in [-0.15, -0.1) is 0 Å². The number of methoxy groups -OCH3 is 1. The Balaban J connectivity index is 1.48. The zero-order valence-electron chi connectivity index (χ0n) is 13.6. The Morgan fingerprint density at radius 3 is 2.83 bits per heavy atom. The molecule has 1 unspecified atom stereocenters. The molecular formula is C18H20N2O4. The summed E-state index contributed by atoms with van der Waals surface area (Å²) in [5.41, 5.74) is 1.53. The SMILES string of the molecule is COC(=O)c1cc2cc(NC(=O)C3CC34CCNCC4)ccc2o1. The van der Waals surface area contributed by atoms with Crippen molar-refractivity contribution >= 4 is 28.5 Å². The average molecular weight is 328 g/mol. The minimum atomic E-state index is -0.511. The summed E-state index contributed by atoms with van der Waals surface area (Å²) in [6.07, 6.45) is 3.14. The summed E-state index contributed by atoms with van der Waals surface area (Å²) in [5.74, 6) is -0.146. The lowest BCUT2D eigenvalue weighted by Crippen LogP contribution is -2.31. The molecule has 1 aliphatic carbocycles. The van der Waals surface area contributed by atoms with Gasteiger partial charge in [0.25, 0.3) is 0 Å². The Morgan fingerprint density at radius 1 is 1.29 bits per heavy atom. The van der Waals surface area contributed by atoms with Crippen LogP contribution in [0.5, 0.6) is 0 Å². The predicted molar refractivity (Wildman–Crippen MR) is 88.8 cm³/mol. The summed E-state index contributed by atoms with van der Waals surface area (Å²) in [6, 6.07) is 7.00. The second-order valence-electron chi connectivity index (χ2n) is 6.71. The van der Waals surface area contributed by atoms with E-state index in [0.29, 0.717) is 5.58 Å². The maximum Gasteiger partial charge on any atom is 0.373 e. The fourth-order valence-electron chi connectivity index (χ4n) is 3.75. The van der Waals surface area contributed by atoms with Gasteiger partial charge in [0, 0.05) is 17.0 Å². The third kappa shape index (κ3) is 2.57. The topological polar surface area (TPSA) is 80.6 Å². The number of hydrogen-bond donors (Lipinski definition) is 2. The quantitative estimate of drug-likeness (QED) is 0.846. The van der Waals surface area contributed by atoms with E-state index in [0.717, 1.165) is 43.4 Å². The van der Waals surface area contributed by atoms with Crippen molar-refractivity contribution in [1.82, 2.24) is 5.32 Å². The Kier molecular flexibility index (Phi) is 3.57. The van der Waals surface area contributed by atoms with Crippen molar-refractivity contribution in [2.75, 3.05) is 25.5 Å². The lowest BCUT2D eigenvalue weighted by Gasteiger charge is -2.23. The average Bonchev–Trinajstić information content (AvgIpc) is 3.11. The Bertz CT molecular complexity index is 804. The fraction of sp³-hybridized carbons (Fsp3) is 0.444. The normalized spacial score (nSPS) is 21.6. The van der Waals surface area contributed by atoms with Gasteiger partial charge in [-0.05, 0) is 62.0 Å². The Hall–Kier alpha value is -2.34. The largest absolute Gasteiger partial charge is 0.463 e. The summed E-state index contributed by atoms with van der Waals surface area (Å²) in [7, 11) is 1.31. The van der Waals surface area contributed by atoms with Crippen LogP contribution in [-0.4, -0.2) is 32.1 Å². The van der Waals surface area contributed by atoms with E-state index in [2.05, 4.69) is 15.4 Å². The first-order valence-electron chi connectivity index (χ1n) is 8.25. The number of carbonyl (C=O) groups is 2. The summed E-state index contributed by atoms with van der Waals surface area (Å²) in [6.45, 7) is 2.00. The summed E-state index contributed by atoms with van der Waals surface area (Å²) in [5, 5.41) is 7.11. The maximum absolute atomic E-state index is 12.5. The van der Waals surface area contributed by atoms with E-state index in [1.165, 1.54) is 7.11 Å². The Morgan fingerprint density at radius 2 is 2.08 bits per heavy atom. The van der Waals surface area contributed by atoms with Crippen molar-refractivity contribution < 1.29 is 18.7 Å². The molecule has 126 valence electrons. The molecule has 0 radical (unpaired) electrons. The van der Waals surface area contributed by atoms with E-state index in [1.807, 2.05) is 6.07 Å². The highest BCUT2D eigenvalue weighted by Gasteiger charge is 2.57. The van der Waals surface area contributed by atoms with Crippen LogP contribution < -0.4 is 10.6 Å². The first-order chi connectivity index (χ1) is 11.6. The van der Waals surface area contributed by atoms with E-state index >= 15 is 0 Å². The van der Waals surface area contributed by atoms with Gasteiger partial charge in [0.1, 0.15) is 5.58 Å². The molecule has 2 N–H and O–H groups in total. The summed E-state index contributed by atoms with van der Waals surface area (Å²) in [4.78, 5) is 24.0. The molecule has 1 aromatic heterocycles. The minimum Gasteiger partial charge on any atom is -0.463 e. The smallest absolute Gasteiger partial charge is 0.373 e. The number of fused-ring (bicyclic) bond motifs is 1. The number of piperidine rings is 1. The van der Waals surface area contributed by atoms with Crippen molar-refractivity contribution in [2.45, 2.75) is 19.3 Å². The van der Waals surface area contributed by atoms with Crippen LogP contribution >= 0.6 is 0 Å². The second-order valence-corrected chi connectivity index (χ2v) is 6.71. The molecular weight excluding hydrogens is 308 g/mol. The zero-order valence-corrected chi connectivity index (χ0v) is 13.6. The van der Waals surface area contributed by atoms with E-state index in [1.54, 1.807) is 18.2 Å². The molecule has 4 rings (SSSR count). The highest BCUT2D eigenvalue weighted by molar-refractivity contribution is 5.98. The van der Waals surface area contributed by atoms with Gasteiger partial charge in [-0.1, -0.05) is 0 Å². The van der Waals surface area contributed by atoms with Gasteiger partial charge in [-0.3, -0.25) is 4.79 Å². The molecule has 1 spiro atoms. The van der Waals surface area contributed by atoms with Crippen LogP contribution in [0.4, 0.5) is 5.69 Å². The van der Waals surface area contributed by atoms with E-state index < -0.39 is 5.97 Å². The molecule has 2 fully saturated rings. The van der Waals surface area contributed by atoms with Crippen molar-refractivity contribution in [3.63, 3.8) is 0 Å². The lowest BCUT2D eigenvalue weighted by molar-refractivity contribution is -0.118. The van der Waals surface area contributed by atoms with Gasteiger partial charge in [-0.25, -0.2) is 4.79 Å². The number of benzene rings is 1. The van der Waals surface area contributed by atoms with E-state index in [9.17, 15) is 9.59 Å². The molecule has 1 saturated heterocycles. The standard InChI is InChI=1S/C18H20N2O4/c1-23-17(22)15-9-11-8-12(2-3-14(11)24-15)20-16(21)13-10-18(13)4-6-19-7-5-18/h2-3,8-9,13,19H,4-7,10H2,1H3,(H,20,21). The number of ether oxygens (including phenoxy) is 1. The van der Waals surface area contributed by atoms with Crippen molar-refractivity contribution in [3.05, 3.63) is 30.0 Å². The van der Waals surface area contributed by atoms with Gasteiger partial charge in [-0.2, -0.15) is 0 Å². The molecule has 24 heavy (non-hydrogen) atoms. The van der Waals surface area contributed by atoms with Gasteiger partial charge in [0.2, 0.25) is 11.7 Å². The number of rotatable bonds is 3. The molecule has 1 saturated carbocycles. The molecule has 1 atom stereocenters. The van der Waals surface area contributed by atoms with Crippen molar-refractivity contribution in [1.29, 1.82) is 0 Å². The van der Waals surface area contributed by atoms with Crippen LogP contribution in [0.3, 0.4) is 0 Å². The number of amides is 1. The summed E-state index contributed by atoms with van der Waals surface area (Å²) < 4.78 is 10.1. The van der Waals surface area contributed by atoms with Gasteiger partial charge in [0.05, 0.1) is 7.11 Å². The molecule has 1 aliphatic heterocycles. The number of esters is 1. The predicted octanol–water partition coefficient (Wildman–Crippen LogP) is 2.55. The number of hydrogen-bond acceptors (Lipinski definition) is 5. The van der Waals surface area contributed by atoms with Crippen LogP contribution in [-0.2, 0) is 9.53 Å². The van der Waals surface area contributed by atoms with E-state index in [4.69, 9.17) is 4.42 Å². The molecule has 2 aromatic rings. The van der Waals surface area contributed by atoms with Crippen LogP contribution in [0.1, 0.15) is 29.8 Å². The molecule has 2 heterocycles. The van der Waals surface area contributed by atoms with Crippen LogP contribution in [0.15, 0.2) is 28.7 Å². The first-order valence-corrected chi connectivity index (χ1v) is 8.25. The number of carbonyl (C=O) groups excluding carboxylic acids is 2. The number of furan rings is 1. The molecule has 1 amide bonds. The van der Waals surface area contributed by atoms with Crippen molar-refractivity contribution in [2.24, 2.45) is 11.3 Å². The van der Waals surface area contributed by atoms with Crippen molar-refractivity contribution in [3.8, 4) is 0 Å². The van der Waals surface area contributed by atoms with Gasteiger partial charge in [0.15, 0.2) is 0 Å². The first kappa shape index (κ1) is 15.2. The van der Waals surface area contributed by atoms with Crippen LogP contribution in [0.25, 0.3) is 11.0 Å². The molecule has 6 heteroatoms. The van der Waals surface area contributed by atoms with Crippen LogP contribution in [0.2, 0.25) is 0 Å². The second kappa shape index (κ2) is 5.63. The highest BCUT2D eigenvalue weighted by Crippen LogP contribution is 2.58. The monoisotopic (exact) mass is 328 g/mol. The fourth-order valence-corrected chi connectivity index (χ4v) is 3.75. The number of anilines is 1. The molecule has 1 aromatic carbocycles. The van der Waals surface area contributed by atoms with E-state index in [-0.39, 0.29) is 23.0 Å². The third-order valence-electron chi connectivity index (χ3n) is 5.28. The highest BCUT2D eigenvalue weighted by atomic mass is 16.5. The molecule has 0 bridgehead atoms. The number of nitrogens with one attached hydrogen (secondary N) is 2. The van der Waals surface area contributed by atoms with Crippen LogP contribution in [0, 0.1) is 11.3 Å². The minimum absolute atomic E-state index is 0.0907. The molecule has 6 nitrogen and oxygen atoms in total. The maximum atomic E-state index is 12.5. The third-order valence-corrected chi connectivity index (χ3v) is 5.28. The van der Waals surface area contributed by atoms with Gasteiger partial charge >= 0.3 is 5.97 Å².